The zero-order valence-corrected chi connectivity index (χ0v) is 31.9. The summed E-state index contributed by atoms with van der Waals surface area (Å²) in [6, 6.07) is 21.5. The summed E-state index contributed by atoms with van der Waals surface area (Å²) in [4.78, 5) is 12.3. The fourth-order valence-corrected chi connectivity index (χ4v) is 12.4. The van der Waals surface area contributed by atoms with Crippen molar-refractivity contribution in [1.82, 2.24) is 0 Å². The van der Waals surface area contributed by atoms with E-state index in [2.05, 4.69) is 101 Å². The van der Waals surface area contributed by atoms with Crippen LogP contribution in [0.1, 0.15) is 138 Å². The van der Waals surface area contributed by atoms with Crippen molar-refractivity contribution in [3.05, 3.63) is 72.8 Å². The van der Waals surface area contributed by atoms with Crippen molar-refractivity contribution < 1.29 is 23.4 Å². The second kappa shape index (κ2) is 18.7. The minimum atomic E-state index is -2.79. The molecule has 0 spiro atoms. The number of unbranched alkanes of at least 4 members (excludes halogenated alkanes) is 7. The largest absolute Gasteiger partial charge is 0.460 e. The fraction of sp³-hybridized carbons (Fsp3) is 0.643. The Morgan fingerprint density at radius 1 is 0.812 bits per heavy atom. The van der Waals surface area contributed by atoms with Gasteiger partial charge in [-0.3, -0.25) is 4.79 Å². The first kappa shape index (κ1) is 38.5. The summed E-state index contributed by atoms with van der Waals surface area (Å²) < 4.78 is 26.1. The van der Waals surface area contributed by atoms with Crippen LogP contribution in [0.15, 0.2) is 72.8 Å². The highest BCUT2D eigenvalue weighted by Gasteiger charge is 2.52. The Morgan fingerprint density at radius 2 is 1.35 bits per heavy atom. The Kier molecular flexibility index (Phi) is 15.0. The number of ether oxygens (including phenoxy) is 3. The van der Waals surface area contributed by atoms with Crippen molar-refractivity contribution in [3.63, 3.8) is 0 Å². The SMILES string of the molecule is CCCCCCCCCC[C@@H]1OC(C)(C)O[C@@H]1CC/C=C\CC[C@@H](O[Si](c1ccccc1)(c1ccccc1)C(C)(C)C)[C@H]1CCC(=O)O1. The third kappa shape index (κ3) is 10.9. The summed E-state index contributed by atoms with van der Waals surface area (Å²) >= 11 is 0. The summed E-state index contributed by atoms with van der Waals surface area (Å²) in [6.07, 6.45) is 20.9. The summed E-state index contributed by atoms with van der Waals surface area (Å²) in [5.41, 5.74) is 0. The van der Waals surface area contributed by atoms with Gasteiger partial charge in [0.05, 0.1) is 18.3 Å². The zero-order chi connectivity index (χ0) is 34.5. The van der Waals surface area contributed by atoms with E-state index in [1.165, 1.54) is 61.7 Å². The highest BCUT2D eigenvalue weighted by molar-refractivity contribution is 6.99. The van der Waals surface area contributed by atoms with Crippen molar-refractivity contribution in [2.45, 2.75) is 173 Å². The van der Waals surface area contributed by atoms with Gasteiger partial charge in [0.15, 0.2) is 5.79 Å². The average molecular weight is 677 g/mol. The van der Waals surface area contributed by atoms with Crippen molar-refractivity contribution in [3.8, 4) is 0 Å². The normalized spacial score (nSPS) is 22.0. The number of esters is 1. The molecular formula is C42H64O5Si. The lowest BCUT2D eigenvalue weighted by atomic mass is 10.0. The average Bonchev–Trinajstić information content (AvgIpc) is 3.63. The second-order valence-electron chi connectivity index (χ2n) is 15.5. The van der Waals surface area contributed by atoms with E-state index in [1.54, 1.807) is 0 Å². The molecule has 0 unspecified atom stereocenters. The van der Waals surface area contributed by atoms with E-state index in [9.17, 15) is 4.79 Å². The summed E-state index contributed by atoms with van der Waals surface area (Å²) in [6.45, 7) is 13.3. The van der Waals surface area contributed by atoms with Gasteiger partial charge >= 0.3 is 5.97 Å². The van der Waals surface area contributed by atoms with Crippen LogP contribution in [0.25, 0.3) is 0 Å². The van der Waals surface area contributed by atoms with Gasteiger partial charge in [-0.1, -0.05) is 152 Å². The van der Waals surface area contributed by atoms with E-state index in [4.69, 9.17) is 18.6 Å². The van der Waals surface area contributed by atoms with Crippen LogP contribution in [0, 0.1) is 0 Å². The number of hydrogen-bond donors (Lipinski definition) is 0. The number of hydrogen-bond acceptors (Lipinski definition) is 5. The van der Waals surface area contributed by atoms with Gasteiger partial charge in [-0.2, -0.15) is 0 Å². The van der Waals surface area contributed by atoms with Crippen LogP contribution in [-0.2, 0) is 23.4 Å². The van der Waals surface area contributed by atoms with E-state index in [1.807, 2.05) is 13.8 Å². The van der Waals surface area contributed by atoms with Crippen LogP contribution < -0.4 is 10.4 Å². The zero-order valence-electron chi connectivity index (χ0n) is 30.9. The predicted molar refractivity (Wildman–Crippen MR) is 200 cm³/mol. The molecule has 0 bridgehead atoms. The minimum Gasteiger partial charge on any atom is -0.460 e. The molecular weight excluding hydrogens is 613 g/mol. The summed E-state index contributed by atoms with van der Waals surface area (Å²) in [5.74, 6) is -0.626. The monoisotopic (exact) mass is 676 g/mol. The molecule has 5 nitrogen and oxygen atoms in total. The molecule has 2 aromatic carbocycles. The van der Waals surface area contributed by atoms with Gasteiger partial charge in [0.2, 0.25) is 0 Å². The minimum absolute atomic E-state index is 0.116. The highest BCUT2D eigenvalue weighted by atomic mass is 28.4. The summed E-state index contributed by atoms with van der Waals surface area (Å²) in [5, 5.41) is 2.35. The molecule has 0 N–H and O–H groups in total. The number of carbonyl (C=O) groups excluding carboxylic acids is 1. The molecule has 0 saturated carbocycles. The van der Waals surface area contributed by atoms with Crippen molar-refractivity contribution in [2.24, 2.45) is 0 Å². The van der Waals surface area contributed by atoms with Crippen LogP contribution in [0.3, 0.4) is 0 Å². The predicted octanol–water partition coefficient (Wildman–Crippen LogP) is 9.80. The van der Waals surface area contributed by atoms with E-state index in [-0.39, 0.29) is 35.4 Å². The van der Waals surface area contributed by atoms with Gasteiger partial charge in [0.1, 0.15) is 6.10 Å². The number of allylic oxidation sites excluding steroid dienone is 2. The van der Waals surface area contributed by atoms with Gasteiger partial charge < -0.3 is 18.6 Å². The molecule has 2 heterocycles. The maximum absolute atomic E-state index is 12.3. The molecule has 48 heavy (non-hydrogen) atoms. The number of rotatable bonds is 20. The van der Waals surface area contributed by atoms with Crippen molar-refractivity contribution in [2.75, 3.05) is 0 Å². The molecule has 2 aromatic rings. The van der Waals surface area contributed by atoms with Crippen LogP contribution in [0.2, 0.25) is 5.04 Å². The standard InChI is InChI=1S/C42H64O5Si/c1-7-8-9-10-11-12-13-22-29-37-38(46-42(5,6)45-37)30-23-14-15-24-31-39(36-32-33-40(43)44-36)47-48(41(2,3)4,34-25-18-16-19-26-34)35-27-20-17-21-28-35/h14-21,25-28,36-39H,7-13,22-24,29-33H2,1-6H3/b15-14-/t36-,37+,38-,39-/m1/s1. The first-order valence-electron chi connectivity index (χ1n) is 19.0. The third-order valence-electron chi connectivity index (χ3n) is 10.1. The molecule has 6 heteroatoms. The van der Waals surface area contributed by atoms with Crippen molar-refractivity contribution >= 4 is 24.7 Å². The highest BCUT2D eigenvalue weighted by Crippen LogP contribution is 2.39. The Labute approximate surface area is 293 Å². The Hall–Kier alpha value is -2.25. The molecule has 2 fully saturated rings. The van der Waals surface area contributed by atoms with E-state index in [0.717, 1.165) is 32.1 Å². The van der Waals surface area contributed by atoms with Gasteiger partial charge in [-0.15, -0.1) is 0 Å². The molecule has 2 saturated heterocycles. The smallest absolute Gasteiger partial charge is 0.306 e. The fourth-order valence-electron chi connectivity index (χ4n) is 7.68. The molecule has 4 atom stereocenters. The second-order valence-corrected chi connectivity index (χ2v) is 19.7. The van der Waals surface area contributed by atoms with E-state index < -0.39 is 14.1 Å². The van der Waals surface area contributed by atoms with Gasteiger partial charge in [0, 0.05) is 6.42 Å². The maximum Gasteiger partial charge on any atom is 0.306 e. The first-order chi connectivity index (χ1) is 23.1. The topological polar surface area (TPSA) is 54.0 Å². The molecule has 266 valence electrons. The molecule has 0 aliphatic carbocycles. The Balaban J connectivity index is 1.37. The van der Waals surface area contributed by atoms with Gasteiger partial charge in [-0.05, 0) is 67.8 Å². The van der Waals surface area contributed by atoms with Gasteiger partial charge in [-0.25, -0.2) is 0 Å². The maximum atomic E-state index is 12.3. The molecule has 4 rings (SSSR count). The molecule has 0 aromatic heterocycles. The molecule has 0 radical (unpaired) electrons. The Bertz CT molecular complexity index is 1200. The van der Waals surface area contributed by atoms with Crippen LogP contribution in [0.5, 0.6) is 0 Å². The Morgan fingerprint density at radius 3 is 1.90 bits per heavy atom. The first-order valence-corrected chi connectivity index (χ1v) is 21.0. The number of benzene rings is 2. The van der Waals surface area contributed by atoms with Crippen LogP contribution in [0.4, 0.5) is 0 Å². The molecule has 2 aliphatic heterocycles. The lowest BCUT2D eigenvalue weighted by molar-refractivity contribution is -0.147. The molecule has 2 aliphatic rings. The quantitative estimate of drug-likeness (QED) is 0.0605. The van der Waals surface area contributed by atoms with Crippen molar-refractivity contribution in [1.29, 1.82) is 0 Å². The lowest BCUT2D eigenvalue weighted by Crippen LogP contribution is -2.68. The lowest BCUT2D eigenvalue weighted by Gasteiger charge is -2.46. The number of cyclic esters (lactones) is 1. The third-order valence-corrected chi connectivity index (χ3v) is 15.2. The summed E-state index contributed by atoms with van der Waals surface area (Å²) in [7, 11) is -2.79. The van der Waals surface area contributed by atoms with E-state index >= 15 is 0 Å². The van der Waals surface area contributed by atoms with Crippen LogP contribution in [-0.4, -0.2) is 44.5 Å². The number of carbonyl (C=O) groups is 1. The van der Waals surface area contributed by atoms with Crippen LogP contribution >= 0.6 is 0 Å². The van der Waals surface area contributed by atoms with Gasteiger partial charge in [0.25, 0.3) is 8.32 Å². The van der Waals surface area contributed by atoms with E-state index in [0.29, 0.717) is 12.8 Å². The molecule has 0 amide bonds.